The zero-order valence-corrected chi connectivity index (χ0v) is 10.5. The molecule has 2 amide bonds. The second kappa shape index (κ2) is 6.24. The van der Waals surface area contributed by atoms with Gasteiger partial charge >= 0.3 is 0 Å². The first-order valence-corrected chi connectivity index (χ1v) is 5.67. The van der Waals surface area contributed by atoms with Gasteiger partial charge in [0.25, 0.3) is 0 Å². The van der Waals surface area contributed by atoms with Crippen molar-refractivity contribution in [3.63, 3.8) is 0 Å². The van der Waals surface area contributed by atoms with Crippen LogP contribution in [0.3, 0.4) is 0 Å². The van der Waals surface area contributed by atoms with Crippen LogP contribution in [0.2, 0.25) is 0 Å². The average Bonchev–Trinajstić information content (AvgIpc) is 2.17. The van der Waals surface area contributed by atoms with E-state index in [0.717, 1.165) is 0 Å². The Morgan fingerprint density at radius 2 is 1.86 bits per heavy atom. The highest BCUT2D eigenvalue weighted by Gasteiger charge is 2.30. The van der Waals surface area contributed by atoms with Crippen molar-refractivity contribution in [3.8, 4) is 0 Å². The standard InChI is InChI=1S/C8H14BrClN2O2/c1-3-12(4-2)8(14)5(9)6(10)7(11)13/h5-6H,3-4H2,1-2H3,(H2,11,13). The Bertz CT molecular complexity index is 221. The molecular formula is C8H14BrClN2O2. The molecule has 0 aliphatic carbocycles. The minimum Gasteiger partial charge on any atom is -0.368 e. The number of nitrogens with two attached hydrogens (primary N) is 1. The molecule has 0 saturated carbocycles. The van der Waals surface area contributed by atoms with E-state index < -0.39 is 16.1 Å². The van der Waals surface area contributed by atoms with Gasteiger partial charge in [0.15, 0.2) is 0 Å². The molecule has 6 heteroatoms. The number of nitrogens with zero attached hydrogens (tertiary/aromatic N) is 1. The van der Waals surface area contributed by atoms with Gasteiger partial charge in [0.05, 0.1) is 0 Å². The molecule has 0 bridgehead atoms. The molecule has 0 aliphatic rings. The van der Waals surface area contributed by atoms with Crippen LogP contribution < -0.4 is 5.73 Å². The molecule has 0 heterocycles. The van der Waals surface area contributed by atoms with Gasteiger partial charge in [0.1, 0.15) is 10.2 Å². The van der Waals surface area contributed by atoms with Gasteiger partial charge in [-0.25, -0.2) is 0 Å². The van der Waals surface area contributed by atoms with Gasteiger partial charge in [-0.2, -0.15) is 0 Å². The molecule has 4 nitrogen and oxygen atoms in total. The highest BCUT2D eigenvalue weighted by Crippen LogP contribution is 2.15. The molecule has 0 fully saturated rings. The summed E-state index contributed by atoms with van der Waals surface area (Å²) in [5.74, 6) is -0.914. The van der Waals surface area contributed by atoms with E-state index in [-0.39, 0.29) is 5.91 Å². The molecule has 0 aromatic rings. The van der Waals surface area contributed by atoms with E-state index in [9.17, 15) is 9.59 Å². The number of amides is 2. The van der Waals surface area contributed by atoms with E-state index >= 15 is 0 Å². The van der Waals surface area contributed by atoms with E-state index in [2.05, 4.69) is 15.9 Å². The van der Waals surface area contributed by atoms with Gasteiger partial charge in [-0.05, 0) is 13.8 Å². The van der Waals surface area contributed by atoms with Crippen molar-refractivity contribution < 1.29 is 9.59 Å². The van der Waals surface area contributed by atoms with Crippen LogP contribution in [0.1, 0.15) is 13.8 Å². The fourth-order valence-electron chi connectivity index (χ4n) is 0.979. The SMILES string of the molecule is CCN(CC)C(=O)C(Br)C(Cl)C(N)=O. The molecule has 0 saturated heterocycles. The molecule has 0 spiro atoms. The van der Waals surface area contributed by atoms with E-state index in [0.29, 0.717) is 13.1 Å². The zero-order chi connectivity index (χ0) is 11.3. The predicted octanol–water partition coefficient (Wildman–Crippen LogP) is 0.711. The Kier molecular flexibility index (Phi) is 6.11. The summed E-state index contributed by atoms with van der Waals surface area (Å²) in [6, 6.07) is 0. The molecule has 2 N–H and O–H groups in total. The first-order valence-electron chi connectivity index (χ1n) is 4.31. The Labute approximate surface area is 96.9 Å². The molecular weight excluding hydrogens is 271 g/mol. The lowest BCUT2D eigenvalue weighted by atomic mass is 10.2. The lowest BCUT2D eigenvalue weighted by molar-refractivity contribution is -0.131. The molecule has 0 aromatic heterocycles. The highest BCUT2D eigenvalue weighted by atomic mass is 79.9. The topological polar surface area (TPSA) is 63.4 Å². The van der Waals surface area contributed by atoms with Crippen molar-refractivity contribution in [2.24, 2.45) is 5.73 Å². The maximum Gasteiger partial charge on any atom is 0.238 e. The summed E-state index contributed by atoms with van der Waals surface area (Å²) in [4.78, 5) is 23.2. The van der Waals surface area contributed by atoms with Crippen LogP contribution in [0.15, 0.2) is 0 Å². The zero-order valence-electron chi connectivity index (χ0n) is 8.17. The lowest BCUT2D eigenvalue weighted by Crippen LogP contribution is -2.44. The molecule has 0 aliphatic heterocycles. The minimum atomic E-state index is -1.01. The normalized spacial score (nSPS) is 14.6. The molecule has 2 atom stereocenters. The molecule has 2 unspecified atom stereocenters. The van der Waals surface area contributed by atoms with Crippen LogP contribution in [0, 0.1) is 0 Å². The summed E-state index contributed by atoms with van der Waals surface area (Å²) in [6.07, 6.45) is 0. The molecule has 14 heavy (non-hydrogen) atoms. The van der Waals surface area contributed by atoms with E-state index in [1.54, 1.807) is 4.90 Å². The first-order chi connectivity index (χ1) is 6.45. The number of hydrogen-bond acceptors (Lipinski definition) is 2. The van der Waals surface area contributed by atoms with Gasteiger partial charge in [-0.3, -0.25) is 9.59 Å². The van der Waals surface area contributed by atoms with E-state index in [4.69, 9.17) is 17.3 Å². The molecule has 82 valence electrons. The van der Waals surface area contributed by atoms with Crippen LogP contribution in [0.4, 0.5) is 0 Å². The minimum absolute atomic E-state index is 0.214. The molecule has 0 rings (SSSR count). The Morgan fingerprint density at radius 1 is 1.43 bits per heavy atom. The number of rotatable bonds is 5. The van der Waals surface area contributed by atoms with Crippen LogP contribution in [-0.2, 0) is 9.59 Å². The third kappa shape index (κ3) is 3.46. The van der Waals surface area contributed by atoms with Crippen molar-refractivity contribution in [2.45, 2.75) is 24.1 Å². The van der Waals surface area contributed by atoms with Crippen molar-refractivity contribution in [1.29, 1.82) is 0 Å². The molecule has 0 aromatic carbocycles. The van der Waals surface area contributed by atoms with Crippen LogP contribution in [0.25, 0.3) is 0 Å². The van der Waals surface area contributed by atoms with Gasteiger partial charge in [0, 0.05) is 13.1 Å². The van der Waals surface area contributed by atoms with Crippen LogP contribution in [-0.4, -0.2) is 40.0 Å². The van der Waals surface area contributed by atoms with Crippen molar-refractivity contribution in [1.82, 2.24) is 4.90 Å². The maximum atomic E-state index is 11.6. The summed E-state index contributed by atoms with van der Waals surface area (Å²) in [5.41, 5.74) is 4.99. The fourth-order valence-corrected chi connectivity index (χ4v) is 1.64. The number of halogens is 2. The maximum absolute atomic E-state index is 11.6. The van der Waals surface area contributed by atoms with Crippen molar-refractivity contribution in [2.75, 3.05) is 13.1 Å². The van der Waals surface area contributed by atoms with Gasteiger partial charge < -0.3 is 10.6 Å². The quantitative estimate of drug-likeness (QED) is 0.756. The van der Waals surface area contributed by atoms with E-state index in [1.165, 1.54) is 0 Å². The third-order valence-electron chi connectivity index (χ3n) is 1.84. The van der Waals surface area contributed by atoms with E-state index in [1.807, 2.05) is 13.8 Å². The number of carbonyl (C=O) groups is 2. The summed E-state index contributed by atoms with van der Waals surface area (Å²) in [6.45, 7) is 4.88. The average molecular weight is 286 g/mol. The van der Waals surface area contributed by atoms with Crippen molar-refractivity contribution >= 4 is 39.3 Å². The van der Waals surface area contributed by atoms with Crippen molar-refractivity contribution in [3.05, 3.63) is 0 Å². The second-order valence-electron chi connectivity index (χ2n) is 2.72. The third-order valence-corrected chi connectivity index (χ3v) is 3.53. The van der Waals surface area contributed by atoms with Gasteiger partial charge in [-0.1, -0.05) is 15.9 Å². The largest absolute Gasteiger partial charge is 0.368 e. The Balaban J connectivity index is 4.44. The Morgan fingerprint density at radius 3 is 2.14 bits per heavy atom. The monoisotopic (exact) mass is 284 g/mol. The summed E-state index contributed by atoms with van der Waals surface area (Å²) in [7, 11) is 0. The Hall–Kier alpha value is -0.290. The number of hydrogen-bond donors (Lipinski definition) is 1. The van der Waals surface area contributed by atoms with Gasteiger partial charge in [0.2, 0.25) is 11.8 Å². The smallest absolute Gasteiger partial charge is 0.238 e. The first kappa shape index (κ1) is 13.7. The highest BCUT2D eigenvalue weighted by molar-refractivity contribution is 9.10. The van der Waals surface area contributed by atoms with Crippen LogP contribution in [0.5, 0.6) is 0 Å². The predicted molar refractivity (Wildman–Crippen MR) is 59.5 cm³/mol. The summed E-state index contributed by atoms with van der Waals surface area (Å²) < 4.78 is 0. The fraction of sp³-hybridized carbons (Fsp3) is 0.750. The second-order valence-corrected chi connectivity index (χ2v) is 4.17. The van der Waals surface area contributed by atoms with Gasteiger partial charge in [-0.15, -0.1) is 11.6 Å². The molecule has 0 radical (unpaired) electrons. The van der Waals surface area contributed by atoms with Crippen LogP contribution >= 0.6 is 27.5 Å². The summed E-state index contributed by atoms with van der Waals surface area (Å²) >= 11 is 8.72. The number of alkyl halides is 2. The lowest BCUT2D eigenvalue weighted by Gasteiger charge is -2.23. The summed E-state index contributed by atoms with van der Waals surface area (Å²) in [5, 5.41) is -1.01. The number of primary amides is 1. The number of carbonyl (C=O) groups excluding carboxylic acids is 2.